The Hall–Kier alpha value is -5.07. The molecule has 1 aromatic carbocycles. The summed E-state index contributed by atoms with van der Waals surface area (Å²) in [6.07, 6.45) is 13.6. The third-order valence-corrected chi connectivity index (χ3v) is 10.6. The van der Waals surface area contributed by atoms with Gasteiger partial charge in [-0.3, -0.25) is 9.59 Å². The van der Waals surface area contributed by atoms with Crippen LogP contribution < -0.4 is 20.1 Å². The lowest BCUT2D eigenvalue weighted by molar-refractivity contribution is -0.145. The predicted octanol–water partition coefficient (Wildman–Crippen LogP) is 4.90. The van der Waals surface area contributed by atoms with Crippen molar-refractivity contribution in [2.45, 2.75) is 100 Å². The molecule has 0 radical (unpaired) electrons. The highest BCUT2D eigenvalue weighted by atomic mass is 16.6. The van der Waals surface area contributed by atoms with Crippen LogP contribution in [0.5, 0.6) is 11.5 Å². The van der Waals surface area contributed by atoms with Gasteiger partial charge in [0.15, 0.2) is 0 Å². The van der Waals surface area contributed by atoms with E-state index in [-0.39, 0.29) is 31.4 Å². The van der Waals surface area contributed by atoms with Gasteiger partial charge in [-0.05, 0) is 75.6 Å². The van der Waals surface area contributed by atoms with Crippen molar-refractivity contribution in [1.29, 1.82) is 0 Å². The molecule has 1 saturated heterocycles. The minimum absolute atomic E-state index is 0.0506. The number of carboxylic acids is 1. The SMILES string of the molecule is COc1ccc2c(O[C@@H]3C[C@H]4C(=O)NC5(C(=O)O)CC5/C=C\CCCCCC(NC(=O)OC5CCCC5)C(=O)N4C3)cc(-n3cccc3)nc2c1. The van der Waals surface area contributed by atoms with Crippen LogP contribution in [0.3, 0.4) is 0 Å². The number of rotatable bonds is 7. The Bertz CT molecular complexity index is 1800. The number of hydrogen-bond acceptors (Lipinski definition) is 8. The summed E-state index contributed by atoms with van der Waals surface area (Å²) in [5, 5.41) is 16.6. The third-order valence-electron chi connectivity index (χ3n) is 10.6. The number of alkyl carbamates (subject to hydrolysis) is 1. The molecular formula is C38H45N5O8. The number of carbonyl (C=O) groups is 4. The minimum Gasteiger partial charge on any atom is -0.497 e. The minimum atomic E-state index is -1.43. The summed E-state index contributed by atoms with van der Waals surface area (Å²) in [5.41, 5.74) is -0.797. The van der Waals surface area contributed by atoms with Gasteiger partial charge in [0.05, 0.1) is 19.2 Å². The maximum Gasteiger partial charge on any atom is 0.408 e. The number of ether oxygens (including phenoxy) is 3. The van der Waals surface area contributed by atoms with Gasteiger partial charge in [0.2, 0.25) is 11.8 Å². The largest absolute Gasteiger partial charge is 0.497 e. The Kier molecular flexibility index (Phi) is 9.88. The van der Waals surface area contributed by atoms with Crippen molar-refractivity contribution in [3.8, 4) is 17.3 Å². The summed E-state index contributed by atoms with van der Waals surface area (Å²) in [7, 11) is 1.58. The second kappa shape index (κ2) is 14.7. The number of pyridine rings is 1. The zero-order chi connectivity index (χ0) is 35.5. The number of methoxy groups -OCH3 is 1. The van der Waals surface area contributed by atoms with E-state index in [1.165, 1.54) is 4.90 Å². The van der Waals surface area contributed by atoms with E-state index in [1.807, 2.05) is 65.5 Å². The molecule has 2 aliphatic carbocycles. The molecule has 13 heteroatoms. The van der Waals surface area contributed by atoms with Crippen LogP contribution in [0.15, 0.2) is 60.9 Å². The first-order valence-corrected chi connectivity index (χ1v) is 18.0. The Morgan fingerprint density at radius 3 is 2.57 bits per heavy atom. The molecule has 7 rings (SSSR count). The van der Waals surface area contributed by atoms with Gasteiger partial charge in [0.1, 0.15) is 47.1 Å². The van der Waals surface area contributed by atoms with E-state index >= 15 is 0 Å². The molecule has 4 aliphatic rings. The molecule has 3 fully saturated rings. The van der Waals surface area contributed by atoms with Gasteiger partial charge in [0, 0.05) is 42.3 Å². The molecule has 51 heavy (non-hydrogen) atoms. The van der Waals surface area contributed by atoms with Crippen molar-refractivity contribution in [2.24, 2.45) is 5.92 Å². The number of aliphatic carboxylic acids is 1. The molecule has 2 aromatic heterocycles. The molecule has 3 unspecified atom stereocenters. The molecular weight excluding hydrogens is 654 g/mol. The van der Waals surface area contributed by atoms with Crippen LogP contribution in [0.25, 0.3) is 16.7 Å². The molecule has 13 nitrogen and oxygen atoms in total. The monoisotopic (exact) mass is 699 g/mol. The first-order valence-electron chi connectivity index (χ1n) is 18.0. The number of nitrogens with zero attached hydrogens (tertiary/aromatic N) is 3. The standard InChI is InChI=1S/C38H45N5O8/c1-49-26-15-16-28-30(19-26)39-33(42-17-9-10-18-42)21-32(28)50-27-20-31-34(44)41-38(36(46)47)22-24(38)11-5-3-2-4-6-14-29(35(45)43(31)23-27)40-37(48)51-25-12-7-8-13-25/h5,9-11,15-19,21,24-25,27,29,31H,2-4,6-8,12-14,20,22-23H2,1H3,(H,40,48)(H,41,44)(H,46,47)/b11-5-/t24?,27-,29?,31+,38?/m1/s1. The van der Waals surface area contributed by atoms with Crippen LogP contribution in [0.2, 0.25) is 0 Å². The van der Waals surface area contributed by atoms with Gasteiger partial charge in [-0.25, -0.2) is 14.6 Å². The zero-order valence-electron chi connectivity index (χ0n) is 28.8. The van der Waals surface area contributed by atoms with Gasteiger partial charge >= 0.3 is 12.1 Å². The van der Waals surface area contributed by atoms with E-state index in [1.54, 1.807) is 7.11 Å². The number of allylic oxidation sites excluding steroid dienone is 1. The number of fused-ring (bicyclic) bond motifs is 3. The number of nitrogens with one attached hydrogen (secondary N) is 2. The van der Waals surface area contributed by atoms with E-state index in [0.717, 1.165) is 50.3 Å². The van der Waals surface area contributed by atoms with Crippen molar-refractivity contribution < 1.29 is 38.5 Å². The Balaban J connectivity index is 1.20. The summed E-state index contributed by atoms with van der Waals surface area (Å²) in [6.45, 7) is 0.0506. The van der Waals surface area contributed by atoms with Crippen molar-refractivity contribution in [2.75, 3.05) is 13.7 Å². The maximum atomic E-state index is 14.4. The molecule has 270 valence electrons. The summed E-state index contributed by atoms with van der Waals surface area (Å²) in [6, 6.07) is 9.13. The number of amides is 3. The third kappa shape index (κ3) is 7.38. The van der Waals surface area contributed by atoms with Gasteiger partial charge < -0.3 is 39.4 Å². The zero-order valence-corrected chi connectivity index (χ0v) is 28.8. The number of carbonyl (C=O) groups excluding carboxylic acids is 3. The lowest BCUT2D eigenvalue weighted by atomic mass is 10.0. The average Bonchev–Trinajstić information content (AvgIpc) is 3.61. The fourth-order valence-corrected chi connectivity index (χ4v) is 7.67. The molecule has 3 N–H and O–H groups in total. The van der Waals surface area contributed by atoms with Crippen LogP contribution in [0, 0.1) is 5.92 Å². The first kappa shape index (κ1) is 34.4. The molecule has 2 aliphatic heterocycles. The Labute approximate surface area is 296 Å². The smallest absolute Gasteiger partial charge is 0.408 e. The van der Waals surface area contributed by atoms with Gasteiger partial charge in [0.25, 0.3) is 0 Å². The van der Waals surface area contributed by atoms with Crippen LogP contribution >= 0.6 is 0 Å². The average molecular weight is 700 g/mol. The van der Waals surface area contributed by atoms with E-state index in [2.05, 4.69) is 10.6 Å². The van der Waals surface area contributed by atoms with Gasteiger partial charge in [-0.15, -0.1) is 0 Å². The van der Waals surface area contributed by atoms with Crippen molar-refractivity contribution in [3.05, 3.63) is 60.9 Å². The second-order valence-electron chi connectivity index (χ2n) is 14.1. The molecule has 2 saturated carbocycles. The van der Waals surface area contributed by atoms with E-state index in [0.29, 0.717) is 35.7 Å². The van der Waals surface area contributed by atoms with Gasteiger partial charge in [-0.2, -0.15) is 0 Å². The van der Waals surface area contributed by atoms with Crippen LogP contribution in [0.4, 0.5) is 4.79 Å². The number of carboxylic acid groups (broad SMARTS) is 1. The van der Waals surface area contributed by atoms with Gasteiger partial charge in [-0.1, -0.05) is 25.0 Å². The predicted molar refractivity (Wildman–Crippen MR) is 187 cm³/mol. The normalized spacial score (nSPS) is 27.7. The fraction of sp³-hybridized carbons (Fsp3) is 0.500. The van der Waals surface area contributed by atoms with E-state index in [9.17, 15) is 24.3 Å². The molecule has 0 bridgehead atoms. The van der Waals surface area contributed by atoms with Crippen LogP contribution in [-0.4, -0.2) is 86.9 Å². The second-order valence-corrected chi connectivity index (χ2v) is 14.1. The highest BCUT2D eigenvalue weighted by Gasteiger charge is 2.61. The molecule has 0 spiro atoms. The summed E-state index contributed by atoms with van der Waals surface area (Å²) < 4.78 is 19.6. The summed E-state index contributed by atoms with van der Waals surface area (Å²) >= 11 is 0. The number of aromatic nitrogens is 2. The topological polar surface area (TPSA) is 161 Å². The van der Waals surface area contributed by atoms with Crippen molar-refractivity contribution in [3.63, 3.8) is 0 Å². The molecule has 3 aromatic rings. The molecule has 5 atom stereocenters. The highest BCUT2D eigenvalue weighted by Crippen LogP contribution is 2.45. The molecule has 4 heterocycles. The molecule has 3 amide bonds. The Morgan fingerprint density at radius 2 is 1.80 bits per heavy atom. The van der Waals surface area contributed by atoms with Crippen molar-refractivity contribution in [1.82, 2.24) is 25.1 Å². The fourth-order valence-electron chi connectivity index (χ4n) is 7.67. The summed E-state index contributed by atoms with van der Waals surface area (Å²) in [4.78, 5) is 60.4. The first-order chi connectivity index (χ1) is 24.7. The van der Waals surface area contributed by atoms with Crippen LogP contribution in [0.1, 0.15) is 70.6 Å². The quantitative estimate of drug-likeness (QED) is 0.292. The van der Waals surface area contributed by atoms with E-state index in [4.69, 9.17) is 19.2 Å². The number of benzene rings is 1. The summed E-state index contributed by atoms with van der Waals surface area (Å²) in [5.74, 6) is -0.684. The lowest BCUT2D eigenvalue weighted by Crippen LogP contribution is -2.56. The van der Waals surface area contributed by atoms with Crippen molar-refractivity contribution >= 4 is 34.8 Å². The highest BCUT2D eigenvalue weighted by molar-refractivity contribution is 5.96. The van der Waals surface area contributed by atoms with E-state index < -0.39 is 47.6 Å². The van der Waals surface area contributed by atoms with Crippen LogP contribution in [-0.2, 0) is 19.1 Å². The lowest BCUT2D eigenvalue weighted by Gasteiger charge is -2.29. The number of hydrogen-bond donors (Lipinski definition) is 3. The Morgan fingerprint density at radius 1 is 1.02 bits per heavy atom. The maximum absolute atomic E-state index is 14.4.